The van der Waals surface area contributed by atoms with Gasteiger partial charge in [0.05, 0.1) is 12.8 Å². The maximum Gasteiger partial charge on any atom is 0.262 e. The molecule has 7 heteroatoms. The summed E-state index contributed by atoms with van der Waals surface area (Å²) in [5.41, 5.74) is 4.86. The van der Waals surface area contributed by atoms with Crippen LogP contribution in [0.2, 0.25) is 0 Å². The van der Waals surface area contributed by atoms with Gasteiger partial charge < -0.3 is 10.1 Å². The van der Waals surface area contributed by atoms with Crippen molar-refractivity contribution in [2.75, 3.05) is 6.61 Å². The summed E-state index contributed by atoms with van der Waals surface area (Å²) in [6.45, 7) is 8.42. The van der Waals surface area contributed by atoms with Crippen LogP contribution in [0.3, 0.4) is 0 Å². The Bertz CT molecular complexity index is 911. The summed E-state index contributed by atoms with van der Waals surface area (Å²) in [6.07, 6.45) is 3.55. The van der Waals surface area contributed by atoms with Gasteiger partial charge in [-0.25, -0.2) is 5.43 Å². The SMILES string of the molecule is CCCCOc1ccc(Br)cc1C=NNC(=O)C(NC(=O)c1ccc(C)cc1)C(C)C. The van der Waals surface area contributed by atoms with Gasteiger partial charge in [-0.2, -0.15) is 5.10 Å². The smallest absolute Gasteiger partial charge is 0.262 e. The van der Waals surface area contributed by atoms with E-state index in [2.05, 4.69) is 38.7 Å². The lowest BCUT2D eigenvalue weighted by atomic mass is 10.0. The molecule has 0 heterocycles. The molecule has 0 radical (unpaired) electrons. The Labute approximate surface area is 192 Å². The van der Waals surface area contributed by atoms with Crippen LogP contribution in [-0.4, -0.2) is 30.7 Å². The number of hydrogen-bond acceptors (Lipinski definition) is 4. The number of hydrogen-bond donors (Lipinski definition) is 2. The van der Waals surface area contributed by atoms with Crippen molar-refractivity contribution in [2.45, 2.75) is 46.6 Å². The lowest BCUT2D eigenvalue weighted by molar-refractivity contribution is -0.123. The van der Waals surface area contributed by atoms with Gasteiger partial charge in [0.25, 0.3) is 11.8 Å². The highest BCUT2D eigenvalue weighted by Crippen LogP contribution is 2.22. The van der Waals surface area contributed by atoms with E-state index in [-0.39, 0.29) is 17.7 Å². The highest BCUT2D eigenvalue weighted by atomic mass is 79.9. The first-order chi connectivity index (χ1) is 14.8. The van der Waals surface area contributed by atoms with Crippen molar-refractivity contribution in [1.29, 1.82) is 0 Å². The molecule has 2 amide bonds. The summed E-state index contributed by atoms with van der Waals surface area (Å²) in [5, 5.41) is 6.89. The van der Waals surface area contributed by atoms with Crippen LogP contribution in [0.25, 0.3) is 0 Å². The number of carbonyl (C=O) groups is 2. The van der Waals surface area contributed by atoms with Crippen LogP contribution in [0.1, 0.15) is 55.1 Å². The van der Waals surface area contributed by atoms with E-state index in [1.54, 1.807) is 18.3 Å². The molecule has 2 N–H and O–H groups in total. The predicted molar refractivity (Wildman–Crippen MR) is 128 cm³/mol. The summed E-state index contributed by atoms with van der Waals surface area (Å²) in [6, 6.07) is 12.1. The zero-order valence-electron chi connectivity index (χ0n) is 18.4. The number of ether oxygens (including phenoxy) is 1. The Morgan fingerprint density at radius 1 is 1.16 bits per heavy atom. The van der Waals surface area contributed by atoms with Gasteiger partial charge in [0, 0.05) is 15.6 Å². The number of halogens is 1. The van der Waals surface area contributed by atoms with Crippen molar-refractivity contribution in [3.63, 3.8) is 0 Å². The number of nitrogens with zero attached hydrogens (tertiary/aromatic N) is 1. The Morgan fingerprint density at radius 2 is 1.87 bits per heavy atom. The quantitative estimate of drug-likeness (QED) is 0.285. The van der Waals surface area contributed by atoms with E-state index in [9.17, 15) is 9.59 Å². The second-order valence-corrected chi connectivity index (χ2v) is 8.60. The highest BCUT2D eigenvalue weighted by molar-refractivity contribution is 9.10. The van der Waals surface area contributed by atoms with Crippen molar-refractivity contribution in [3.05, 3.63) is 63.6 Å². The Kier molecular flexibility index (Phi) is 9.72. The minimum atomic E-state index is -0.714. The lowest BCUT2D eigenvalue weighted by Crippen LogP contribution is -2.48. The summed E-state index contributed by atoms with van der Waals surface area (Å²) in [5.74, 6) is -0.0854. The normalized spacial score (nSPS) is 12.1. The van der Waals surface area contributed by atoms with Gasteiger partial charge in [0.1, 0.15) is 11.8 Å². The monoisotopic (exact) mass is 487 g/mol. The minimum Gasteiger partial charge on any atom is -0.493 e. The topological polar surface area (TPSA) is 79.8 Å². The molecule has 0 aromatic heterocycles. The fourth-order valence-corrected chi connectivity index (χ4v) is 3.16. The lowest BCUT2D eigenvalue weighted by Gasteiger charge is -2.20. The Morgan fingerprint density at radius 3 is 2.52 bits per heavy atom. The zero-order valence-corrected chi connectivity index (χ0v) is 20.0. The average molecular weight is 488 g/mol. The molecule has 2 rings (SSSR count). The molecule has 1 atom stereocenters. The van der Waals surface area contributed by atoms with Gasteiger partial charge in [-0.3, -0.25) is 9.59 Å². The number of rotatable bonds is 10. The molecule has 6 nitrogen and oxygen atoms in total. The summed E-state index contributed by atoms with van der Waals surface area (Å²) in [7, 11) is 0. The van der Waals surface area contributed by atoms with Gasteiger partial charge in [-0.05, 0) is 49.6 Å². The molecule has 0 bridgehead atoms. The number of carbonyl (C=O) groups excluding carboxylic acids is 2. The van der Waals surface area contributed by atoms with Crippen molar-refractivity contribution in [2.24, 2.45) is 11.0 Å². The van der Waals surface area contributed by atoms with E-state index in [1.807, 2.05) is 51.1 Å². The fourth-order valence-electron chi connectivity index (χ4n) is 2.78. The Balaban J connectivity index is 2.04. The number of hydrazone groups is 1. The molecule has 0 aliphatic heterocycles. The van der Waals surface area contributed by atoms with E-state index in [1.165, 1.54) is 0 Å². The molecule has 1 unspecified atom stereocenters. The molecule has 0 saturated carbocycles. The van der Waals surface area contributed by atoms with Crippen LogP contribution in [0, 0.1) is 12.8 Å². The van der Waals surface area contributed by atoms with Crippen molar-refractivity contribution >= 4 is 34.0 Å². The Hall–Kier alpha value is -2.67. The number of unbranched alkanes of at least 4 members (excludes halogenated alkanes) is 1. The second-order valence-electron chi connectivity index (χ2n) is 7.68. The third kappa shape index (κ3) is 7.83. The molecule has 0 saturated heterocycles. The zero-order chi connectivity index (χ0) is 22.8. The van der Waals surface area contributed by atoms with E-state index in [0.29, 0.717) is 17.9 Å². The molecule has 2 aromatic carbocycles. The fraction of sp³-hybridized carbons (Fsp3) is 0.375. The maximum absolute atomic E-state index is 12.7. The third-order valence-electron chi connectivity index (χ3n) is 4.66. The van der Waals surface area contributed by atoms with Crippen molar-refractivity contribution in [3.8, 4) is 5.75 Å². The van der Waals surface area contributed by atoms with Crippen molar-refractivity contribution < 1.29 is 14.3 Å². The molecule has 0 fully saturated rings. The summed E-state index contributed by atoms with van der Waals surface area (Å²) in [4.78, 5) is 25.2. The van der Waals surface area contributed by atoms with Gasteiger partial charge >= 0.3 is 0 Å². The van der Waals surface area contributed by atoms with E-state index in [4.69, 9.17) is 4.74 Å². The number of nitrogens with one attached hydrogen (secondary N) is 2. The van der Waals surface area contributed by atoms with Crippen LogP contribution >= 0.6 is 15.9 Å². The van der Waals surface area contributed by atoms with Gasteiger partial charge in [-0.1, -0.05) is 60.8 Å². The number of amides is 2. The second kappa shape index (κ2) is 12.2. The molecule has 2 aromatic rings. The van der Waals surface area contributed by atoms with Crippen LogP contribution in [-0.2, 0) is 4.79 Å². The standard InChI is InChI=1S/C24H30BrN3O3/c1-5-6-13-31-21-12-11-20(25)14-19(21)15-26-28-24(30)22(16(2)3)27-23(29)18-9-7-17(4)8-10-18/h7-12,14-16,22H,5-6,13H2,1-4H3,(H,27,29)(H,28,30). The highest BCUT2D eigenvalue weighted by Gasteiger charge is 2.24. The first-order valence-corrected chi connectivity index (χ1v) is 11.2. The summed E-state index contributed by atoms with van der Waals surface area (Å²) < 4.78 is 6.69. The largest absolute Gasteiger partial charge is 0.493 e. The van der Waals surface area contributed by atoms with Gasteiger partial charge in [0.15, 0.2) is 0 Å². The molecule has 0 aliphatic carbocycles. The van der Waals surface area contributed by atoms with Gasteiger partial charge in [-0.15, -0.1) is 0 Å². The predicted octanol–water partition coefficient (Wildman–Crippen LogP) is 4.84. The molecule has 31 heavy (non-hydrogen) atoms. The van der Waals surface area contributed by atoms with Crippen LogP contribution in [0.15, 0.2) is 52.0 Å². The van der Waals surface area contributed by atoms with Gasteiger partial charge in [0.2, 0.25) is 0 Å². The number of benzene rings is 2. The molecular weight excluding hydrogens is 458 g/mol. The van der Waals surface area contributed by atoms with Crippen LogP contribution in [0.4, 0.5) is 0 Å². The minimum absolute atomic E-state index is 0.108. The number of aryl methyl sites for hydroxylation is 1. The van der Waals surface area contributed by atoms with E-state index < -0.39 is 6.04 Å². The molecular formula is C24H30BrN3O3. The summed E-state index contributed by atoms with van der Waals surface area (Å²) >= 11 is 3.44. The molecule has 0 aliphatic rings. The first-order valence-electron chi connectivity index (χ1n) is 10.4. The first kappa shape index (κ1) is 24.6. The van der Waals surface area contributed by atoms with E-state index >= 15 is 0 Å². The van der Waals surface area contributed by atoms with Crippen LogP contribution in [0.5, 0.6) is 5.75 Å². The van der Waals surface area contributed by atoms with Crippen molar-refractivity contribution in [1.82, 2.24) is 10.7 Å². The van der Waals surface area contributed by atoms with Crippen LogP contribution < -0.4 is 15.5 Å². The third-order valence-corrected chi connectivity index (χ3v) is 5.15. The average Bonchev–Trinajstić information content (AvgIpc) is 2.73. The van der Waals surface area contributed by atoms with E-state index in [0.717, 1.165) is 28.4 Å². The molecule has 0 spiro atoms. The molecule has 166 valence electrons. The maximum atomic E-state index is 12.7.